The molecule has 0 spiro atoms. The SMILES string of the molecule is CCCn1ncnc1CNC(C)C(=O)NC(C)C. The molecule has 1 unspecified atom stereocenters. The molecule has 0 saturated heterocycles. The number of nitrogens with zero attached hydrogens (tertiary/aromatic N) is 3. The summed E-state index contributed by atoms with van der Waals surface area (Å²) in [6, 6.07) is -0.0790. The van der Waals surface area contributed by atoms with Crippen molar-refractivity contribution in [1.29, 1.82) is 0 Å². The van der Waals surface area contributed by atoms with Crippen LogP contribution < -0.4 is 10.6 Å². The van der Waals surface area contributed by atoms with Crippen LogP contribution in [-0.4, -0.2) is 32.8 Å². The number of aryl methyl sites for hydroxylation is 1. The van der Waals surface area contributed by atoms with Gasteiger partial charge in [0.1, 0.15) is 12.2 Å². The van der Waals surface area contributed by atoms with Crippen molar-refractivity contribution in [1.82, 2.24) is 25.4 Å². The second-order valence-electron chi connectivity index (χ2n) is 4.67. The van der Waals surface area contributed by atoms with Crippen LogP contribution in [0.4, 0.5) is 0 Å². The van der Waals surface area contributed by atoms with Gasteiger partial charge < -0.3 is 5.32 Å². The molecule has 0 aromatic carbocycles. The molecular weight excluding hydrogens is 230 g/mol. The van der Waals surface area contributed by atoms with Gasteiger partial charge in [0.2, 0.25) is 5.91 Å². The minimum atomic E-state index is -0.237. The Labute approximate surface area is 108 Å². The summed E-state index contributed by atoms with van der Waals surface area (Å²) in [5, 5.41) is 10.2. The molecule has 0 aliphatic rings. The van der Waals surface area contributed by atoms with Gasteiger partial charge in [-0.2, -0.15) is 5.10 Å². The molecule has 6 nitrogen and oxygen atoms in total. The lowest BCUT2D eigenvalue weighted by Crippen LogP contribution is -2.44. The summed E-state index contributed by atoms with van der Waals surface area (Å²) < 4.78 is 1.86. The number of carbonyl (C=O) groups excluding carboxylic acids is 1. The number of amides is 1. The molecule has 1 atom stereocenters. The van der Waals surface area contributed by atoms with Gasteiger partial charge in [-0.1, -0.05) is 6.92 Å². The van der Waals surface area contributed by atoms with E-state index >= 15 is 0 Å². The average Bonchev–Trinajstić information content (AvgIpc) is 2.73. The Hall–Kier alpha value is -1.43. The van der Waals surface area contributed by atoms with Crippen LogP contribution in [0.2, 0.25) is 0 Å². The summed E-state index contributed by atoms with van der Waals surface area (Å²) in [7, 11) is 0. The van der Waals surface area contributed by atoms with E-state index in [0.717, 1.165) is 18.8 Å². The lowest BCUT2D eigenvalue weighted by atomic mass is 10.3. The van der Waals surface area contributed by atoms with Gasteiger partial charge in [0.25, 0.3) is 0 Å². The van der Waals surface area contributed by atoms with Crippen LogP contribution >= 0.6 is 0 Å². The highest BCUT2D eigenvalue weighted by atomic mass is 16.2. The van der Waals surface area contributed by atoms with Gasteiger partial charge in [0.15, 0.2) is 0 Å². The molecule has 18 heavy (non-hydrogen) atoms. The highest BCUT2D eigenvalue weighted by Gasteiger charge is 2.14. The van der Waals surface area contributed by atoms with Gasteiger partial charge in [0, 0.05) is 12.6 Å². The molecule has 1 heterocycles. The maximum atomic E-state index is 11.7. The van der Waals surface area contributed by atoms with Crippen LogP contribution in [-0.2, 0) is 17.9 Å². The van der Waals surface area contributed by atoms with Crippen molar-refractivity contribution in [3.63, 3.8) is 0 Å². The fourth-order valence-electron chi connectivity index (χ4n) is 1.57. The minimum Gasteiger partial charge on any atom is -0.353 e. The van der Waals surface area contributed by atoms with Crippen molar-refractivity contribution in [3.8, 4) is 0 Å². The fraction of sp³-hybridized carbons (Fsp3) is 0.750. The van der Waals surface area contributed by atoms with E-state index < -0.39 is 0 Å². The maximum absolute atomic E-state index is 11.7. The van der Waals surface area contributed by atoms with Crippen LogP contribution in [0.25, 0.3) is 0 Å². The molecule has 1 aromatic heterocycles. The van der Waals surface area contributed by atoms with E-state index in [1.54, 1.807) is 6.33 Å². The molecule has 1 amide bonds. The second-order valence-corrected chi connectivity index (χ2v) is 4.67. The largest absolute Gasteiger partial charge is 0.353 e. The highest BCUT2D eigenvalue weighted by molar-refractivity contribution is 5.81. The Morgan fingerprint density at radius 2 is 2.17 bits per heavy atom. The molecule has 1 aromatic rings. The van der Waals surface area contributed by atoms with Crippen LogP contribution in [0, 0.1) is 0 Å². The Morgan fingerprint density at radius 3 is 2.78 bits per heavy atom. The van der Waals surface area contributed by atoms with E-state index in [2.05, 4.69) is 27.6 Å². The summed E-state index contributed by atoms with van der Waals surface area (Å²) in [5.74, 6) is 0.868. The van der Waals surface area contributed by atoms with Crippen molar-refractivity contribution in [2.45, 2.75) is 59.3 Å². The molecule has 0 radical (unpaired) electrons. The molecular formula is C12H23N5O. The zero-order valence-corrected chi connectivity index (χ0v) is 11.6. The number of aromatic nitrogens is 3. The van der Waals surface area contributed by atoms with E-state index in [4.69, 9.17) is 0 Å². The number of carbonyl (C=O) groups is 1. The average molecular weight is 253 g/mol. The summed E-state index contributed by atoms with van der Waals surface area (Å²) in [6.45, 7) is 9.23. The predicted octanol–water partition coefficient (Wildman–Crippen LogP) is 0.691. The van der Waals surface area contributed by atoms with Gasteiger partial charge >= 0.3 is 0 Å². The minimum absolute atomic E-state index is 0.00607. The third-order valence-corrected chi connectivity index (χ3v) is 2.52. The molecule has 2 N–H and O–H groups in total. The van der Waals surface area contributed by atoms with Gasteiger partial charge in [0.05, 0.1) is 12.6 Å². The van der Waals surface area contributed by atoms with Crippen LogP contribution in [0.15, 0.2) is 6.33 Å². The van der Waals surface area contributed by atoms with Crippen molar-refractivity contribution >= 4 is 5.91 Å². The van der Waals surface area contributed by atoms with E-state index in [0.29, 0.717) is 6.54 Å². The first-order chi connectivity index (χ1) is 8.54. The molecule has 0 aliphatic carbocycles. The van der Waals surface area contributed by atoms with Crippen LogP contribution in [0.5, 0.6) is 0 Å². The summed E-state index contributed by atoms with van der Waals surface area (Å²) >= 11 is 0. The normalized spacial score (nSPS) is 12.7. The zero-order valence-electron chi connectivity index (χ0n) is 11.6. The van der Waals surface area contributed by atoms with E-state index in [1.165, 1.54) is 0 Å². The lowest BCUT2D eigenvalue weighted by molar-refractivity contribution is -0.123. The predicted molar refractivity (Wildman–Crippen MR) is 69.9 cm³/mol. The Bertz CT molecular complexity index is 374. The van der Waals surface area contributed by atoms with E-state index in [-0.39, 0.29) is 18.0 Å². The van der Waals surface area contributed by atoms with Crippen molar-refractivity contribution in [2.75, 3.05) is 0 Å². The monoisotopic (exact) mass is 253 g/mol. The molecule has 0 saturated carbocycles. The first-order valence-electron chi connectivity index (χ1n) is 6.45. The summed E-state index contributed by atoms with van der Waals surface area (Å²) in [6.07, 6.45) is 2.56. The first-order valence-corrected chi connectivity index (χ1v) is 6.45. The van der Waals surface area contributed by atoms with Gasteiger partial charge in [-0.3, -0.25) is 10.1 Å². The molecule has 102 valence electrons. The zero-order chi connectivity index (χ0) is 13.5. The molecule has 0 fully saturated rings. The molecule has 0 aliphatic heterocycles. The van der Waals surface area contributed by atoms with Crippen molar-refractivity contribution in [3.05, 3.63) is 12.2 Å². The molecule has 1 rings (SSSR count). The Morgan fingerprint density at radius 1 is 1.44 bits per heavy atom. The van der Waals surface area contributed by atoms with Gasteiger partial charge in [-0.25, -0.2) is 9.67 Å². The Kier molecular flexibility index (Phi) is 5.77. The third kappa shape index (κ3) is 4.44. The second kappa shape index (κ2) is 7.10. The van der Waals surface area contributed by atoms with Gasteiger partial charge in [-0.15, -0.1) is 0 Å². The van der Waals surface area contributed by atoms with Crippen LogP contribution in [0.1, 0.15) is 39.9 Å². The van der Waals surface area contributed by atoms with E-state index in [9.17, 15) is 4.79 Å². The summed E-state index contributed by atoms with van der Waals surface area (Å²) in [5.41, 5.74) is 0. The van der Waals surface area contributed by atoms with Crippen LogP contribution in [0.3, 0.4) is 0 Å². The number of hydrogen-bond acceptors (Lipinski definition) is 4. The topological polar surface area (TPSA) is 71.8 Å². The quantitative estimate of drug-likeness (QED) is 0.750. The molecule has 6 heteroatoms. The number of nitrogens with one attached hydrogen (secondary N) is 2. The van der Waals surface area contributed by atoms with Crippen molar-refractivity contribution < 1.29 is 4.79 Å². The third-order valence-electron chi connectivity index (χ3n) is 2.52. The van der Waals surface area contributed by atoms with Crippen molar-refractivity contribution in [2.24, 2.45) is 0 Å². The maximum Gasteiger partial charge on any atom is 0.237 e. The number of rotatable bonds is 7. The van der Waals surface area contributed by atoms with E-state index in [1.807, 2.05) is 25.5 Å². The van der Waals surface area contributed by atoms with Gasteiger partial charge in [-0.05, 0) is 27.2 Å². The summed E-state index contributed by atoms with van der Waals surface area (Å²) in [4.78, 5) is 15.9. The number of hydrogen-bond donors (Lipinski definition) is 2. The smallest absolute Gasteiger partial charge is 0.237 e. The standard InChI is InChI=1S/C12H23N5O/c1-5-6-17-11(14-8-15-17)7-13-10(4)12(18)16-9(2)3/h8-10,13H,5-7H2,1-4H3,(H,16,18). The molecule has 0 bridgehead atoms. The highest BCUT2D eigenvalue weighted by Crippen LogP contribution is 1.97. The Balaban J connectivity index is 2.44. The lowest BCUT2D eigenvalue weighted by Gasteiger charge is -2.15. The fourth-order valence-corrected chi connectivity index (χ4v) is 1.57. The first kappa shape index (κ1) is 14.6.